The predicted octanol–water partition coefficient (Wildman–Crippen LogP) is 3.89. The largest absolute Gasteiger partial charge is 0.493 e. The Morgan fingerprint density at radius 2 is 1.79 bits per heavy atom. The van der Waals surface area contributed by atoms with Gasteiger partial charge < -0.3 is 24.1 Å². The van der Waals surface area contributed by atoms with Crippen molar-refractivity contribution < 1.29 is 38.4 Å². The first-order valence-electron chi connectivity index (χ1n) is 9.57. The van der Waals surface area contributed by atoms with Gasteiger partial charge in [0.1, 0.15) is 6.61 Å². The highest BCUT2D eigenvalue weighted by molar-refractivity contribution is 14.1. The molecule has 2 aromatic carbocycles. The van der Waals surface area contributed by atoms with E-state index in [9.17, 15) is 14.4 Å². The second-order valence-electron chi connectivity index (χ2n) is 6.55. The average Bonchev–Trinajstić information content (AvgIpc) is 3.05. The smallest absolute Gasteiger partial charge is 0.341 e. The fourth-order valence-corrected chi connectivity index (χ4v) is 4.57. The van der Waals surface area contributed by atoms with Crippen LogP contribution in [-0.4, -0.2) is 61.1 Å². The standard InChI is InChI=1S/C22H20INO8S/c1-29-15-5-3-4-6-16(15)31-8-7-24-21(27)18(33-22(24)28)11-13-9-14(23)20(17(10-13)30-2)32-12-19(25)26/h3-6,9-11H,7-8,12H2,1-2H3,(H,25,26)/b18-11-. The molecule has 0 saturated carbocycles. The Labute approximate surface area is 207 Å². The number of imide groups is 1. The Kier molecular flexibility index (Phi) is 8.44. The molecule has 33 heavy (non-hydrogen) atoms. The third-order valence-electron chi connectivity index (χ3n) is 4.40. The molecule has 1 fully saturated rings. The Morgan fingerprint density at radius 3 is 2.45 bits per heavy atom. The highest BCUT2D eigenvalue weighted by atomic mass is 127. The van der Waals surface area contributed by atoms with Crippen LogP contribution in [0.15, 0.2) is 41.3 Å². The van der Waals surface area contributed by atoms with Crippen molar-refractivity contribution in [2.45, 2.75) is 0 Å². The van der Waals surface area contributed by atoms with Crippen molar-refractivity contribution in [3.05, 3.63) is 50.4 Å². The molecule has 2 amide bonds. The molecular formula is C22H20INO8S. The first kappa shape index (κ1) is 24.7. The Hall–Kier alpha value is -2.93. The van der Waals surface area contributed by atoms with Crippen LogP contribution in [0.25, 0.3) is 6.08 Å². The zero-order chi connectivity index (χ0) is 24.0. The maximum absolute atomic E-state index is 12.8. The molecule has 1 aliphatic rings. The normalized spacial score (nSPS) is 14.5. The second kappa shape index (κ2) is 11.3. The number of nitrogens with zero attached hydrogens (tertiary/aromatic N) is 1. The lowest BCUT2D eigenvalue weighted by Crippen LogP contribution is -2.32. The number of carboxylic acid groups (broad SMARTS) is 1. The third-order valence-corrected chi connectivity index (χ3v) is 6.11. The summed E-state index contributed by atoms with van der Waals surface area (Å²) in [7, 11) is 2.96. The van der Waals surface area contributed by atoms with Crippen LogP contribution < -0.4 is 18.9 Å². The molecule has 0 aromatic heterocycles. The van der Waals surface area contributed by atoms with Crippen LogP contribution >= 0.6 is 34.4 Å². The fraction of sp³-hybridized carbons (Fsp3) is 0.227. The summed E-state index contributed by atoms with van der Waals surface area (Å²) in [4.78, 5) is 37.3. The number of hydrogen-bond donors (Lipinski definition) is 1. The molecule has 2 aromatic rings. The van der Waals surface area contributed by atoms with E-state index in [0.29, 0.717) is 32.1 Å². The van der Waals surface area contributed by atoms with Crippen molar-refractivity contribution >= 4 is 57.5 Å². The Bertz CT molecular complexity index is 1100. The second-order valence-corrected chi connectivity index (χ2v) is 8.70. The number of carboxylic acids is 1. The number of methoxy groups -OCH3 is 2. The van der Waals surface area contributed by atoms with Crippen molar-refractivity contribution in [2.24, 2.45) is 0 Å². The highest BCUT2D eigenvalue weighted by Gasteiger charge is 2.35. The number of amides is 2. The Morgan fingerprint density at radius 1 is 1.09 bits per heavy atom. The van der Waals surface area contributed by atoms with Gasteiger partial charge in [-0.15, -0.1) is 0 Å². The molecule has 1 heterocycles. The molecule has 0 radical (unpaired) electrons. The minimum atomic E-state index is -1.11. The number of benzene rings is 2. The van der Waals surface area contributed by atoms with E-state index >= 15 is 0 Å². The first-order chi connectivity index (χ1) is 15.8. The number of aliphatic carboxylic acids is 1. The van der Waals surface area contributed by atoms with Gasteiger partial charge >= 0.3 is 5.97 Å². The molecule has 1 N–H and O–H groups in total. The number of rotatable bonds is 10. The van der Waals surface area contributed by atoms with Crippen molar-refractivity contribution in [3.63, 3.8) is 0 Å². The van der Waals surface area contributed by atoms with Gasteiger partial charge in [-0.05, 0) is 70.3 Å². The van der Waals surface area contributed by atoms with Gasteiger partial charge in [0.05, 0.1) is 29.2 Å². The molecule has 9 nitrogen and oxygen atoms in total. The zero-order valence-electron chi connectivity index (χ0n) is 17.7. The SMILES string of the molecule is COc1ccccc1OCCN1C(=O)S/C(=C\c2cc(I)c(OCC(=O)O)c(OC)c2)C1=O. The fourth-order valence-electron chi connectivity index (χ4n) is 2.93. The predicted molar refractivity (Wildman–Crippen MR) is 130 cm³/mol. The first-order valence-corrected chi connectivity index (χ1v) is 11.5. The minimum absolute atomic E-state index is 0.0862. The van der Waals surface area contributed by atoms with Gasteiger partial charge in [-0.25, -0.2) is 4.79 Å². The van der Waals surface area contributed by atoms with E-state index in [2.05, 4.69) is 0 Å². The maximum Gasteiger partial charge on any atom is 0.341 e. The van der Waals surface area contributed by atoms with E-state index in [4.69, 9.17) is 24.1 Å². The summed E-state index contributed by atoms with van der Waals surface area (Å²) in [5.74, 6) is 0.160. The van der Waals surface area contributed by atoms with Gasteiger partial charge in [0, 0.05) is 0 Å². The average molecular weight is 585 g/mol. The molecule has 174 valence electrons. The van der Waals surface area contributed by atoms with Gasteiger partial charge in [-0.2, -0.15) is 0 Å². The van der Waals surface area contributed by atoms with Crippen LogP contribution in [-0.2, 0) is 9.59 Å². The summed E-state index contributed by atoms with van der Waals surface area (Å²) in [6.07, 6.45) is 1.58. The molecule has 1 aliphatic heterocycles. The van der Waals surface area contributed by atoms with Crippen LogP contribution in [0.5, 0.6) is 23.0 Å². The number of hydrogen-bond acceptors (Lipinski definition) is 8. The van der Waals surface area contributed by atoms with E-state index in [1.165, 1.54) is 14.2 Å². The quantitative estimate of drug-likeness (QED) is 0.328. The number of ether oxygens (including phenoxy) is 4. The summed E-state index contributed by atoms with van der Waals surface area (Å²) in [6.45, 7) is -0.308. The number of carbonyl (C=O) groups excluding carboxylic acids is 2. The lowest BCUT2D eigenvalue weighted by molar-refractivity contribution is -0.139. The molecule has 0 unspecified atom stereocenters. The van der Waals surface area contributed by atoms with Gasteiger partial charge in [0.15, 0.2) is 29.6 Å². The summed E-state index contributed by atoms with van der Waals surface area (Å²) >= 11 is 2.82. The van der Waals surface area contributed by atoms with Gasteiger partial charge in [0.2, 0.25) is 0 Å². The van der Waals surface area contributed by atoms with Crippen LogP contribution in [0.4, 0.5) is 4.79 Å². The van der Waals surface area contributed by atoms with E-state index in [1.54, 1.807) is 36.4 Å². The molecule has 0 bridgehead atoms. The van der Waals surface area contributed by atoms with E-state index in [1.807, 2.05) is 28.7 Å². The summed E-state index contributed by atoms with van der Waals surface area (Å²) in [5.41, 5.74) is 0.606. The summed E-state index contributed by atoms with van der Waals surface area (Å²) in [6, 6.07) is 10.4. The van der Waals surface area contributed by atoms with Crippen LogP contribution in [0.3, 0.4) is 0 Å². The van der Waals surface area contributed by atoms with Crippen LogP contribution in [0.1, 0.15) is 5.56 Å². The number of para-hydroxylation sites is 2. The monoisotopic (exact) mass is 585 g/mol. The van der Waals surface area contributed by atoms with Crippen molar-refractivity contribution in [1.29, 1.82) is 0 Å². The minimum Gasteiger partial charge on any atom is -0.493 e. The molecule has 11 heteroatoms. The summed E-state index contributed by atoms with van der Waals surface area (Å²) in [5, 5.41) is 8.44. The molecule has 3 rings (SSSR count). The van der Waals surface area contributed by atoms with Crippen molar-refractivity contribution in [1.82, 2.24) is 4.90 Å². The van der Waals surface area contributed by atoms with Crippen LogP contribution in [0.2, 0.25) is 0 Å². The molecular weight excluding hydrogens is 565 g/mol. The van der Waals surface area contributed by atoms with Gasteiger partial charge in [-0.3, -0.25) is 14.5 Å². The molecule has 1 saturated heterocycles. The molecule has 0 aliphatic carbocycles. The van der Waals surface area contributed by atoms with Crippen molar-refractivity contribution in [3.8, 4) is 23.0 Å². The zero-order valence-corrected chi connectivity index (χ0v) is 20.7. The Balaban J connectivity index is 1.71. The van der Waals surface area contributed by atoms with Gasteiger partial charge in [-0.1, -0.05) is 12.1 Å². The topological polar surface area (TPSA) is 112 Å². The van der Waals surface area contributed by atoms with Gasteiger partial charge in [0.25, 0.3) is 11.1 Å². The van der Waals surface area contributed by atoms with E-state index < -0.39 is 23.7 Å². The highest BCUT2D eigenvalue weighted by Crippen LogP contribution is 2.37. The third kappa shape index (κ3) is 6.11. The lowest BCUT2D eigenvalue weighted by Gasteiger charge is -2.14. The maximum atomic E-state index is 12.8. The molecule has 0 spiro atoms. The van der Waals surface area contributed by atoms with Crippen LogP contribution in [0, 0.1) is 3.57 Å². The number of halogens is 1. The van der Waals surface area contributed by atoms with E-state index in [0.717, 1.165) is 16.7 Å². The number of thioether (sulfide) groups is 1. The van der Waals surface area contributed by atoms with Crippen molar-refractivity contribution in [2.75, 3.05) is 34.0 Å². The summed E-state index contributed by atoms with van der Waals surface area (Å²) < 4.78 is 22.1. The lowest BCUT2D eigenvalue weighted by atomic mass is 10.2. The number of carbonyl (C=O) groups is 3. The molecule has 0 atom stereocenters. The van der Waals surface area contributed by atoms with E-state index in [-0.39, 0.29) is 18.1 Å².